The van der Waals surface area contributed by atoms with Gasteiger partial charge >= 0.3 is 0 Å². The molecule has 3 rings (SSSR count). The van der Waals surface area contributed by atoms with Crippen LogP contribution in [0.15, 0.2) is 29.0 Å². The number of nitrogens with zero attached hydrogens (tertiary/aromatic N) is 6. The molecule has 0 saturated heterocycles. The van der Waals surface area contributed by atoms with Gasteiger partial charge in [-0.3, -0.25) is 4.79 Å². The zero-order valence-corrected chi connectivity index (χ0v) is 13.8. The molecule has 0 spiro atoms. The van der Waals surface area contributed by atoms with Crippen LogP contribution in [0.4, 0.5) is 0 Å². The van der Waals surface area contributed by atoms with Crippen molar-refractivity contribution >= 4 is 34.8 Å². The van der Waals surface area contributed by atoms with Crippen molar-refractivity contribution in [3.63, 3.8) is 0 Å². The van der Waals surface area contributed by atoms with Gasteiger partial charge in [-0.05, 0) is 6.07 Å². The molecule has 0 bridgehead atoms. The number of likely N-dealkylation sites (N-methyl/N-ethyl adjacent to an activating group) is 1. The lowest BCUT2D eigenvalue weighted by atomic mass is 10.4. The van der Waals surface area contributed by atoms with E-state index in [0.29, 0.717) is 23.1 Å². The third-order valence-electron chi connectivity index (χ3n) is 2.85. The fourth-order valence-electron chi connectivity index (χ4n) is 1.70. The number of aromatic nitrogens is 5. The Hall–Kier alpha value is -2.00. The predicted octanol–water partition coefficient (Wildman–Crippen LogP) is 1.50. The largest absolute Gasteiger partial charge is 0.348 e. The van der Waals surface area contributed by atoms with Gasteiger partial charge in [0.1, 0.15) is 5.01 Å². The van der Waals surface area contributed by atoms with Crippen LogP contribution >= 0.6 is 23.1 Å². The lowest BCUT2D eigenvalue weighted by molar-refractivity contribution is -0.127. The summed E-state index contributed by atoms with van der Waals surface area (Å²) in [5.74, 6) is 1.31. The minimum Gasteiger partial charge on any atom is -0.348 e. The van der Waals surface area contributed by atoms with E-state index in [4.69, 9.17) is 0 Å². The van der Waals surface area contributed by atoms with Crippen LogP contribution in [0.1, 0.15) is 10.7 Å². The van der Waals surface area contributed by atoms with Crippen LogP contribution in [-0.2, 0) is 17.0 Å². The first kappa shape index (κ1) is 14.9. The van der Waals surface area contributed by atoms with Crippen molar-refractivity contribution in [2.24, 2.45) is 0 Å². The van der Waals surface area contributed by atoms with Crippen LogP contribution in [0, 0.1) is 0 Å². The first-order valence-electron chi connectivity index (χ1n) is 6.55. The molecule has 0 aromatic carbocycles. The van der Waals surface area contributed by atoms with E-state index in [2.05, 4.69) is 20.1 Å². The minimum atomic E-state index is 0.0571. The molecule has 1 amide bonds. The monoisotopic (exact) mass is 334 g/mol. The second-order valence-electron chi connectivity index (χ2n) is 4.74. The third-order valence-corrected chi connectivity index (χ3v) is 4.62. The van der Waals surface area contributed by atoms with E-state index < -0.39 is 0 Å². The van der Waals surface area contributed by atoms with Gasteiger partial charge in [0.25, 0.3) is 5.78 Å². The number of rotatable bonds is 5. The lowest BCUT2D eigenvalue weighted by Gasteiger charge is -2.07. The molecular weight excluding hydrogens is 320 g/mol. The molecule has 0 saturated carbocycles. The van der Waals surface area contributed by atoms with E-state index in [1.165, 1.54) is 23.1 Å². The number of hydrogen-bond acceptors (Lipinski definition) is 7. The van der Waals surface area contributed by atoms with E-state index in [1.807, 2.05) is 17.6 Å². The molecular formula is C13H14N6OS2. The zero-order valence-electron chi connectivity index (χ0n) is 12.1. The van der Waals surface area contributed by atoms with Gasteiger partial charge in [-0.15, -0.1) is 16.4 Å². The highest BCUT2D eigenvalue weighted by atomic mass is 32.2. The molecule has 114 valence electrons. The summed E-state index contributed by atoms with van der Waals surface area (Å²) in [5, 5.41) is 7.80. The number of carbonyl (C=O) groups is 1. The quantitative estimate of drug-likeness (QED) is 0.658. The fraction of sp³-hybridized carbons (Fsp3) is 0.308. The summed E-state index contributed by atoms with van der Waals surface area (Å²) in [6.07, 6.45) is 3.85. The molecule has 0 aliphatic rings. The first-order chi connectivity index (χ1) is 10.6. The molecule has 0 N–H and O–H groups in total. The van der Waals surface area contributed by atoms with Crippen molar-refractivity contribution in [2.75, 3.05) is 14.1 Å². The smallest absolute Gasteiger partial charge is 0.253 e. The molecule has 0 unspecified atom stereocenters. The first-order valence-corrected chi connectivity index (χ1v) is 8.42. The molecule has 22 heavy (non-hydrogen) atoms. The summed E-state index contributed by atoms with van der Waals surface area (Å²) < 4.78 is 1.64. The number of thiazole rings is 1. The highest BCUT2D eigenvalue weighted by Gasteiger charge is 2.11. The molecule has 3 aromatic heterocycles. The maximum Gasteiger partial charge on any atom is 0.253 e. The van der Waals surface area contributed by atoms with Crippen LogP contribution in [-0.4, -0.2) is 49.5 Å². The average molecular weight is 334 g/mol. The number of thioether (sulfide) groups is 1. The van der Waals surface area contributed by atoms with Crippen molar-refractivity contribution < 1.29 is 4.79 Å². The summed E-state index contributed by atoms with van der Waals surface area (Å²) in [6, 6.07) is 1.81. The summed E-state index contributed by atoms with van der Waals surface area (Å²) >= 11 is 3.01. The molecule has 0 atom stereocenters. The molecule has 0 fully saturated rings. The van der Waals surface area contributed by atoms with Gasteiger partial charge in [0.05, 0.1) is 12.1 Å². The molecule has 0 aliphatic heterocycles. The van der Waals surface area contributed by atoms with Gasteiger partial charge in [-0.1, -0.05) is 11.8 Å². The summed E-state index contributed by atoms with van der Waals surface area (Å²) in [7, 11) is 3.49. The molecule has 0 aliphatic carbocycles. The number of fused-ring (bicyclic) bond motifs is 1. The lowest BCUT2D eigenvalue weighted by Crippen LogP contribution is -2.23. The Bertz CT molecular complexity index is 764. The molecule has 9 heteroatoms. The van der Waals surface area contributed by atoms with E-state index in [0.717, 1.165) is 10.7 Å². The van der Waals surface area contributed by atoms with Gasteiger partial charge < -0.3 is 4.90 Å². The molecule has 3 heterocycles. The predicted molar refractivity (Wildman–Crippen MR) is 84.9 cm³/mol. The van der Waals surface area contributed by atoms with Gasteiger partial charge in [-0.25, -0.2) is 14.5 Å². The highest BCUT2D eigenvalue weighted by Crippen LogP contribution is 2.21. The summed E-state index contributed by atoms with van der Waals surface area (Å²) in [5.41, 5.74) is 0.934. The van der Waals surface area contributed by atoms with Crippen LogP contribution in [0.3, 0.4) is 0 Å². The van der Waals surface area contributed by atoms with Crippen LogP contribution in [0.2, 0.25) is 0 Å². The van der Waals surface area contributed by atoms with Crippen LogP contribution in [0.5, 0.6) is 0 Å². The summed E-state index contributed by atoms with van der Waals surface area (Å²) in [4.78, 5) is 26.2. The number of carbonyl (C=O) groups excluding carboxylic acids is 1. The Morgan fingerprint density at radius 1 is 1.41 bits per heavy atom. The maximum atomic E-state index is 11.7. The molecule has 0 radical (unpaired) electrons. The van der Waals surface area contributed by atoms with E-state index >= 15 is 0 Å². The van der Waals surface area contributed by atoms with Gasteiger partial charge in [-0.2, -0.15) is 4.98 Å². The highest BCUT2D eigenvalue weighted by molar-refractivity contribution is 7.98. The molecule has 3 aromatic rings. The number of hydrogen-bond donors (Lipinski definition) is 0. The molecule has 7 nitrogen and oxygen atoms in total. The fourth-order valence-corrected chi connectivity index (χ4v) is 3.30. The maximum absolute atomic E-state index is 11.7. The van der Waals surface area contributed by atoms with Crippen molar-refractivity contribution in [2.45, 2.75) is 17.3 Å². The Balaban J connectivity index is 1.62. The van der Waals surface area contributed by atoms with Gasteiger partial charge in [0, 0.05) is 37.6 Å². The van der Waals surface area contributed by atoms with Crippen molar-refractivity contribution in [3.8, 4) is 0 Å². The van der Waals surface area contributed by atoms with Crippen molar-refractivity contribution in [1.29, 1.82) is 0 Å². The van der Waals surface area contributed by atoms with Gasteiger partial charge in [0.15, 0.2) is 0 Å². The van der Waals surface area contributed by atoms with E-state index in [9.17, 15) is 4.79 Å². The second kappa shape index (κ2) is 6.41. The Kier molecular flexibility index (Phi) is 4.34. The van der Waals surface area contributed by atoms with E-state index in [-0.39, 0.29) is 5.91 Å². The summed E-state index contributed by atoms with van der Waals surface area (Å²) in [6.45, 7) is 0. The minimum absolute atomic E-state index is 0.0571. The normalized spacial score (nSPS) is 11.0. The Morgan fingerprint density at radius 3 is 3.05 bits per heavy atom. The van der Waals surface area contributed by atoms with Crippen molar-refractivity contribution in [1.82, 2.24) is 29.5 Å². The zero-order chi connectivity index (χ0) is 15.5. The topological polar surface area (TPSA) is 76.3 Å². The van der Waals surface area contributed by atoms with Crippen LogP contribution in [0.25, 0.3) is 5.78 Å². The Morgan fingerprint density at radius 2 is 2.27 bits per heavy atom. The second-order valence-corrected chi connectivity index (χ2v) is 6.63. The average Bonchev–Trinajstić information content (AvgIpc) is 3.10. The van der Waals surface area contributed by atoms with Crippen molar-refractivity contribution in [3.05, 3.63) is 34.5 Å². The SMILES string of the molecule is CN(C)C(=O)Cc1nc(CSc2nc3ncccn3n2)cs1. The number of amides is 1. The Labute approximate surface area is 135 Å². The standard InChI is InChI=1S/C13H14N6OS2/c1-18(2)11(20)6-10-15-9(7-21-10)8-22-13-16-12-14-4-3-5-19(12)17-13/h3-5,7H,6,8H2,1-2H3. The van der Waals surface area contributed by atoms with Gasteiger partial charge in [0.2, 0.25) is 11.1 Å². The third kappa shape index (κ3) is 3.42. The van der Waals surface area contributed by atoms with Crippen LogP contribution < -0.4 is 0 Å². The van der Waals surface area contributed by atoms with E-state index in [1.54, 1.807) is 29.7 Å².